The molecule has 13 heavy (non-hydrogen) atoms. The second kappa shape index (κ2) is 3.57. The van der Waals surface area contributed by atoms with Crippen LogP contribution >= 0.6 is 0 Å². The highest BCUT2D eigenvalue weighted by Gasteiger charge is 2.11. The number of nitrogens with zero attached hydrogens (tertiary/aromatic N) is 1. The van der Waals surface area contributed by atoms with Crippen molar-refractivity contribution in [3.8, 4) is 5.88 Å². The van der Waals surface area contributed by atoms with E-state index >= 15 is 0 Å². The van der Waals surface area contributed by atoms with Gasteiger partial charge in [-0.15, -0.1) is 0 Å². The molecule has 0 radical (unpaired) electrons. The van der Waals surface area contributed by atoms with Gasteiger partial charge < -0.3 is 15.5 Å². The van der Waals surface area contributed by atoms with Gasteiger partial charge in [0.15, 0.2) is 0 Å². The maximum atomic E-state index is 10.8. The molecule has 0 amide bonds. The number of hydrogen-bond donors (Lipinski definition) is 2. The van der Waals surface area contributed by atoms with E-state index in [4.69, 9.17) is 10.5 Å². The van der Waals surface area contributed by atoms with Gasteiger partial charge in [-0.25, -0.2) is 4.98 Å². The molecule has 5 heteroatoms. The molecule has 0 bridgehead atoms. The van der Waals surface area contributed by atoms with E-state index in [1.165, 1.54) is 12.4 Å². The minimum Gasteiger partial charge on any atom is -0.476 e. The van der Waals surface area contributed by atoms with Crippen LogP contribution in [0.3, 0.4) is 0 Å². The molecule has 0 unspecified atom stereocenters. The van der Waals surface area contributed by atoms with E-state index in [0.29, 0.717) is 12.5 Å². The number of nitrogens with two attached hydrogens (primary N) is 1. The molecule has 1 heterocycles. The fourth-order valence-corrected chi connectivity index (χ4v) is 0.689. The summed E-state index contributed by atoms with van der Waals surface area (Å²) < 4.78 is 5.20. The lowest BCUT2D eigenvalue weighted by Crippen LogP contribution is -2.38. The maximum absolute atomic E-state index is 10.8. The largest absolute Gasteiger partial charge is 0.476 e. The topological polar surface area (TPSA) is 81.0 Å². The summed E-state index contributed by atoms with van der Waals surface area (Å²) in [4.78, 5) is 17.0. The molecule has 0 spiro atoms. The van der Waals surface area contributed by atoms with Crippen LogP contribution in [0.1, 0.15) is 13.8 Å². The van der Waals surface area contributed by atoms with Gasteiger partial charge in [0.25, 0.3) is 5.56 Å². The Labute approximate surface area is 75.9 Å². The summed E-state index contributed by atoms with van der Waals surface area (Å²) in [6.07, 6.45) is 1.29. The van der Waals surface area contributed by atoms with Crippen molar-refractivity contribution in [2.45, 2.75) is 19.4 Å². The number of aromatic nitrogens is 2. The van der Waals surface area contributed by atoms with Crippen LogP contribution in [-0.4, -0.2) is 22.1 Å². The first kappa shape index (κ1) is 9.73. The average Bonchev–Trinajstić information content (AvgIpc) is 2.00. The smallest absolute Gasteiger partial charge is 0.254 e. The van der Waals surface area contributed by atoms with Crippen molar-refractivity contribution >= 4 is 0 Å². The van der Waals surface area contributed by atoms with Crippen molar-refractivity contribution in [3.63, 3.8) is 0 Å². The van der Waals surface area contributed by atoms with Crippen molar-refractivity contribution in [1.29, 1.82) is 0 Å². The molecule has 0 fully saturated rings. The highest BCUT2D eigenvalue weighted by molar-refractivity contribution is 5.05. The molecule has 1 aromatic rings. The molecular formula is C8H13N3O2. The van der Waals surface area contributed by atoms with E-state index in [0.717, 1.165) is 0 Å². The zero-order chi connectivity index (χ0) is 9.90. The van der Waals surface area contributed by atoms with Crippen LogP contribution in [0.2, 0.25) is 0 Å². The SMILES string of the molecule is CC(C)(N)COc1cc(=O)[nH]cn1. The van der Waals surface area contributed by atoms with Crippen molar-refractivity contribution in [2.75, 3.05) is 6.61 Å². The summed E-state index contributed by atoms with van der Waals surface area (Å²) >= 11 is 0. The molecule has 0 saturated heterocycles. The first-order valence-corrected chi connectivity index (χ1v) is 3.94. The van der Waals surface area contributed by atoms with Gasteiger partial charge in [-0.3, -0.25) is 4.79 Å². The Balaban J connectivity index is 2.60. The molecular weight excluding hydrogens is 170 g/mol. The van der Waals surface area contributed by atoms with Gasteiger partial charge in [0.2, 0.25) is 5.88 Å². The molecule has 1 rings (SSSR count). The van der Waals surface area contributed by atoms with E-state index in [1.54, 1.807) is 0 Å². The number of H-pyrrole nitrogens is 1. The quantitative estimate of drug-likeness (QED) is 0.684. The minimum absolute atomic E-state index is 0.236. The lowest BCUT2D eigenvalue weighted by atomic mass is 10.1. The number of nitrogens with one attached hydrogen (secondary N) is 1. The normalized spacial score (nSPS) is 11.3. The van der Waals surface area contributed by atoms with E-state index in [-0.39, 0.29) is 5.56 Å². The minimum atomic E-state index is -0.426. The van der Waals surface area contributed by atoms with Crippen LogP contribution in [0.4, 0.5) is 0 Å². The number of aromatic amines is 1. The first-order valence-electron chi connectivity index (χ1n) is 3.94. The summed E-state index contributed by atoms with van der Waals surface area (Å²) in [5.41, 5.74) is 5.02. The van der Waals surface area contributed by atoms with Gasteiger partial charge in [-0.05, 0) is 13.8 Å². The standard InChI is InChI=1S/C8H13N3O2/c1-8(2,9)4-13-7-3-6(12)10-5-11-7/h3,5H,4,9H2,1-2H3,(H,10,11,12). The van der Waals surface area contributed by atoms with E-state index in [9.17, 15) is 4.79 Å². The Morgan fingerprint density at radius 1 is 1.69 bits per heavy atom. The molecule has 0 aliphatic carbocycles. The monoisotopic (exact) mass is 183 g/mol. The van der Waals surface area contributed by atoms with Gasteiger partial charge in [0, 0.05) is 5.54 Å². The lowest BCUT2D eigenvalue weighted by Gasteiger charge is -2.17. The van der Waals surface area contributed by atoms with Crippen LogP contribution in [0, 0.1) is 0 Å². The van der Waals surface area contributed by atoms with Gasteiger partial charge in [0.05, 0.1) is 12.4 Å². The highest BCUT2D eigenvalue weighted by Crippen LogP contribution is 2.03. The Bertz CT molecular complexity index is 327. The van der Waals surface area contributed by atoms with Crippen LogP contribution in [0.5, 0.6) is 5.88 Å². The summed E-state index contributed by atoms with van der Waals surface area (Å²) in [5, 5.41) is 0. The molecule has 72 valence electrons. The third-order valence-electron chi connectivity index (χ3n) is 1.25. The van der Waals surface area contributed by atoms with Crippen LogP contribution < -0.4 is 16.0 Å². The van der Waals surface area contributed by atoms with E-state index < -0.39 is 5.54 Å². The fourth-order valence-electron chi connectivity index (χ4n) is 0.689. The average molecular weight is 183 g/mol. The van der Waals surface area contributed by atoms with Crippen LogP contribution in [0.25, 0.3) is 0 Å². The number of ether oxygens (including phenoxy) is 1. The first-order chi connectivity index (χ1) is 5.97. The molecule has 3 N–H and O–H groups in total. The fraction of sp³-hybridized carbons (Fsp3) is 0.500. The van der Waals surface area contributed by atoms with Crippen LogP contribution in [-0.2, 0) is 0 Å². The summed E-state index contributed by atoms with van der Waals surface area (Å²) in [5.74, 6) is 0.294. The second-order valence-electron chi connectivity index (χ2n) is 3.53. The van der Waals surface area contributed by atoms with Gasteiger partial charge in [-0.2, -0.15) is 0 Å². The highest BCUT2D eigenvalue weighted by atomic mass is 16.5. The van der Waals surface area contributed by atoms with Gasteiger partial charge in [0.1, 0.15) is 6.61 Å². The molecule has 5 nitrogen and oxygen atoms in total. The third-order valence-corrected chi connectivity index (χ3v) is 1.25. The molecule has 0 atom stereocenters. The summed E-state index contributed by atoms with van der Waals surface area (Å²) in [7, 11) is 0. The van der Waals surface area contributed by atoms with Crippen molar-refractivity contribution in [3.05, 3.63) is 22.7 Å². The predicted molar refractivity (Wildman–Crippen MR) is 48.6 cm³/mol. The molecule has 0 aliphatic rings. The molecule has 0 aromatic carbocycles. The maximum Gasteiger partial charge on any atom is 0.254 e. The van der Waals surface area contributed by atoms with Crippen LogP contribution in [0.15, 0.2) is 17.2 Å². The number of rotatable bonds is 3. The zero-order valence-corrected chi connectivity index (χ0v) is 7.70. The Morgan fingerprint density at radius 3 is 2.92 bits per heavy atom. The Kier molecular flexibility index (Phi) is 2.67. The Morgan fingerprint density at radius 2 is 2.38 bits per heavy atom. The van der Waals surface area contributed by atoms with Gasteiger partial charge >= 0.3 is 0 Å². The Hall–Kier alpha value is -1.36. The van der Waals surface area contributed by atoms with Gasteiger partial charge in [-0.1, -0.05) is 0 Å². The third kappa shape index (κ3) is 3.71. The lowest BCUT2D eigenvalue weighted by molar-refractivity contribution is 0.234. The molecule has 0 saturated carbocycles. The molecule has 1 aromatic heterocycles. The van der Waals surface area contributed by atoms with Crippen molar-refractivity contribution in [2.24, 2.45) is 5.73 Å². The van der Waals surface area contributed by atoms with Crippen molar-refractivity contribution in [1.82, 2.24) is 9.97 Å². The second-order valence-corrected chi connectivity index (χ2v) is 3.53. The number of hydrogen-bond acceptors (Lipinski definition) is 4. The van der Waals surface area contributed by atoms with E-state index in [1.807, 2.05) is 13.8 Å². The molecule has 0 aliphatic heterocycles. The zero-order valence-electron chi connectivity index (χ0n) is 7.70. The summed E-state index contributed by atoms with van der Waals surface area (Å²) in [6, 6.07) is 1.28. The van der Waals surface area contributed by atoms with Crippen molar-refractivity contribution < 1.29 is 4.74 Å². The predicted octanol–water partition coefficient (Wildman–Crippen LogP) is -0.114. The van der Waals surface area contributed by atoms with E-state index in [2.05, 4.69) is 9.97 Å². The summed E-state index contributed by atoms with van der Waals surface area (Å²) in [6.45, 7) is 3.99.